The van der Waals surface area contributed by atoms with E-state index in [0.29, 0.717) is 0 Å². The molecule has 0 radical (unpaired) electrons. The lowest BCUT2D eigenvalue weighted by molar-refractivity contribution is 0.249. The van der Waals surface area contributed by atoms with E-state index in [1.54, 1.807) is 0 Å². The van der Waals surface area contributed by atoms with E-state index in [1.165, 1.54) is 82.6 Å². The number of aryl methyl sites for hydroxylation is 1. The average molecular weight is 422 g/mol. The van der Waals surface area contributed by atoms with Crippen molar-refractivity contribution in [1.82, 2.24) is 4.98 Å². The van der Waals surface area contributed by atoms with Crippen LogP contribution in [0.4, 0.5) is 0 Å². The highest BCUT2D eigenvalue weighted by Gasteiger charge is 2.20. The fourth-order valence-corrected chi connectivity index (χ4v) is 4.87. The summed E-state index contributed by atoms with van der Waals surface area (Å²) in [6.07, 6.45) is 19.6. The molecule has 0 unspecified atom stereocenters. The van der Waals surface area contributed by atoms with Crippen molar-refractivity contribution in [3.8, 4) is 17.0 Å². The molecule has 0 N–H and O–H groups in total. The molecule has 1 saturated carbocycles. The van der Waals surface area contributed by atoms with Gasteiger partial charge in [-0.1, -0.05) is 84.1 Å². The zero-order valence-corrected chi connectivity index (χ0v) is 20.0. The van der Waals surface area contributed by atoms with Gasteiger partial charge in [-0.3, -0.25) is 4.98 Å². The number of pyridine rings is 1. The van der Waals surface area contributed by atoms with E-state index in [9.17, 15) is 0 Å². The molecule has 2 nitrogen and oxygen atoms in total. The molecule has 1 aliphatic carbocycles. The maximum absolute atomic E-state index is 5.82. The van der Waals surface area contributed by atoms with Gasteiger partial charge in [-0.15, -0.1) is 0 Å². The topological polar surface area (TPSA) is 22.1 Å². The van der Waals surface area contributed by atoms with Gasteiger partial charge in [0, 0.05) is 11.8 Å². The second-order valence-electron chi connectivity index (χ2n) is 9.55. The van der Waals surface area contributed by atoms with E-state index >= 15 is 0 Å². The van der Waals surface area contributed by atoms with Crippen molar-refractivity contribution in [2.75, 3.05) is 6.61 Å². The van der Waals surface area contributed by atoms with Crippen LogP contribution in [0.5, 0.6) is 5.75 Å². The Morgan fingerprint density at radius 1 is 0.774 bits per heavy atom. The van der Waals surface area contributed by atoms with E-state index < -0.39 is 0 Å². The van der Waals surface area contributed by atoms with Crippen molar-refractivity contribution in [3.05, 3.63) is 48.2 Å². The van der Waals surface area contributed by atoms with Gasteiger partial charge in [0.25, 0.3) is 0 Å². The first-order valence-electron chi connectivity index (χ1n) is 13.0. The monoisotopic (exact) mass is 421 g/mol. The zero-order chi connectivity index (χ0) is 21.7. The van der Waals surface area contributed by atoms with E-state index in [0.717, 1.165) is 41.9 Å². The van der Waals surface area contributed by atoms with Gasteiger partial charge in [0.05, 0.1) is 12.3 Å². The van der Waals surface area contributed by atoms with Gasteiger partial charge < -0.3 is 4.74 Å². The number of hydrogen-bond acceptors (Lipinski definition) is 2. The molecule has 0 spiro atoms. The number of ether oxygens (including phenoxy) is 1. The smallest absolute Gasteiger partial charge is 0.119 e. The van der Waals surface area contributed by atoms with Crippen molar-refractivity contribution in [2.24, 2.45) is 11.8 Å². The van der Waals surface area contributed by atoms with Gasteiger partial charge >= 0.3 is 0 Å². The number of nitrogens with zero attached hydrogens (tertiary/aromatic N) is 1. The highest BCUT2D eigenvalue weighted by atomic mass is 16.5. The molecule has 170 valence electrons. The standard InChI is InChI=1S/C29H43NO/c1-3-5-7-9-24-10-12-25(13-11-24)14-15-26-16-21-29(30-23-26)27-17-19-28(20-18-27)31-22-8-6-4-2/h16-21,23-25H,3-15,22H2,1-2H3/t24-,25-. The van der Waals surface area contributed by atoms with Gasteiger partial charge in [-0.25, -0.2) is 0 Å². The Hall–Kier alpha value is -1.83. The summed E-state index contributed by atoms with van der Waals surface area (Å²) in [5, 5.41) is 0. The molecule has 0 atom stereocenters. The Morgan fingerprint density at radius 3 is 2.10 bits per heavy atom. The maximum Gasteiger partial charge on any atom is 0.119 e. The number of aromatic nitrogens is 1. The molecule has 0 aliphatic heterocycles. The van der Waals surface area contributed by atoms with Crippen LogP contribution in [0, 0.1) is 11.8 Å². The van der Waals surface area contributed by atoms with Crippen LogP contribution in [0.2, 0.25) is 0 Å². The number of rotatable bonds is 13. The highest BCUT2D eigenvalue weighted by molar-refractivity contribution is 5.60. The second kappa shape index (κ2) is 13.6. The van der Waals surface area contributed by atoms with Crippen LogP contribution in [-0.4, -0.2) is 11.6 Å². The fraction of sp³-hybridized carbons (Fsp3) is 0.621. The van der Waals surface area contributed by atoms with E-state index in [2.05, 4.69) is 56.4 Å². The van der Waals surface area contributed by atoms with Crippen LogP contribution in [0.25, 0.3) is 11.3 Å². The lowest BCUT2D eigenvalue weighted by Crippen LogP contribution is -2.15. The zero-order valence-electron chi connectivity index (χ0n) is 20.0. The Labute approximate surface area is 190 Å². The normalized spacial score (nSPS) is 18.8. The summed E-state index contributed by atoms with van der Waals surface area (Å²) in [7, 11) is 0. The molecular weight excluding hydrogens is 378 g/mol. The molecule has 3 rings (SSSR count). The molecule has 2 aromatic rings. The molecule has 0 amide bonds. The molecular formula is C29H43NO. The molecule has 0 saturated heterocycles. The highest BCUT2D eigenvalue weighted by Crippen LogP contribution is 2.34. The van der Waals surface area contributed by atoms with Crippen LogP contribution in [0.15, 0.2) is 42.6 Å². The van der Waals surface area contributed by atoms with Gasteiger partial charge in [0.2, 0.25) is 0 Å². The number of unbranched alkanes of at least 4 members (excludes halogenated alkanes) is 4. The third-order valence-electron chi connectivity index (χ3n) is 7.01. The molecule has 1 aromatic heterocycles. The molecule has 1 heterocycles. The van der Waals surface area contributed by atoms with Crippen molar-refractivity contribution in [3.63, 3.8) is 0 Å². The predicted molar refractivity (Wildman–Crippen MR) is 133 cm³/mol. The Balaban J connectivity index is 1.39. The van der Waals surface area contributed by atoms with Crippen LogP contribution in [0.1, 0.15) is 96.5 Å². The third-order valence-corrected chi connectivity index (χ3v) is 7.01. The van der Waals surface area contributed by atoms with Gasteiger partial charge in [-0.05, 0) is 67.0 Å². The van der Waals surface area contributed by atoms with Crippen LogP contribution in [0.3, 0.4) is 0 Å². The van der Waals surface area contributed by atoms with Crippen molar-refractivity contribution in [1.29, 1.82) is 0 Å². The van der Waals surface area contributed by atoms with Gasteiger partial charge in [-0.2, -0.15) is 0 Å². The number of hydrogen-bond donors (Lipinski definition) is 0. The van der Waals surface area contributed by atoms with E-state index in [1.807, 2.05) is 0 Å². The molecule has 1 aromatic carbocycles. The first-order chi connectivity index (χ1) is 15.3. The summed E-state index contributed by atoms with van der Waals surface area (Å²) in [6.45, 7) is 5.33. The Bertz CT molecular complexity index is 713. The van der Waals surface area contributed by atoms with Gasteiger partial charge in [0.15, 0.2) is 0 Å². The fourth-order valence-electron chi connectivity index (χ4n) is 4.87. The quantitative estimate of drug-likeness (QED) is 0.302. The summed E-state index contributed by atoms with van der Waals surface area (Å²) in [4.78, 5) is 4.74. The second-order valence-corrected chi connectivity index (χ2v) is 9.55. The molecule has 31 heavy (non-hydrogen) atoms. The minimum Gasteiger partial charge on any atom is -0.494 e. The lowest BCUT2D eigenvalue weighted by atomic mass is 9.78. The SMILES string of the molecule is CCCCCOc1ccc(-c2ccc(CC[C@H]3CC[C@H](CCCCC)CC3)cn2)cc1. The lowest BCUT2D eigenvalue weighted by Gasteiger charge is -2.28. The Morgan fingerprint density at radius 2 is 1.45 bits per heavy atom. The molecule has 2 heteroatoms. The van der Waals surface area contributed by atoms with Crippen LogP contribution in [-0.2, 0) is 6.42 Å². The number of benzene rings is 1. The summed E-state index contributed by atoms with van der Waals surface area (Å²) >= 11 is 0. The minimum atomic E-state index is 0.806. The average Bonchev–Trinajstić information content (AvgIpc) is 2.82. The first kappa shape index (κ1) is 23.8. The van der Waals surface area contributed by atoms with Crippen molar-refractivity contribution < 1.29 is 4.74 Å². The third kappa shape index (κ3) is 8.31. The summed E-state index contributed by atoms with van der Waals surface area (Å²) in [5.41, 5.74) is 3.59. The van der Waals surface area contributed by atoms with Crippen LogP contribution >= 0.6 is 0 Å². The molecule has 1 fully saturated rings. The molecule has 1 aliphatic rings. The van der Waals surface area contributed by atoms with Crippen LogP contribution < -0.4 is 4.74 Å². The largest absolute Gasteiger partial charge is 0.494 e. The van der Waals surface area contributed by atoms with E-state index in [-0.39, 0.29) is 0 Å². The molecule has 0 bridgehead atoms. The first-order valence-corrected chi connectivity index (χ1v) is 13.0. The van der Waals surface area contributed by atoms with Crippen molar-refractivity contribution >= 4 is 0 Å². The summed E-state index contributed by atoms with van der Waals surface area (Å²) in [5.74, 6) is 2.89. The predicted octanol–water partition coefficient (Wildman–Crippen LogP) is 8.64. The maximum atomic E-state index is 5.82. The Kier molecular flexibility index (Phi) is 10.4. The van der Waals surface area contributed by atoms with Crippen molar-refractivity contribution in [2.45, 2.75) is 97.3 Å². The minimum absolute atomic E-state index is 0.806. The summed E-state index contributed by atoms with van der Waals surface area (Å²) < 4.78 is 5.82. The summed E-state index contributed by atoms with van der Waals surface area (Å²) in [6, 6.07) is 12.8. The van der Waals surface area contributed by atoms with E-state index in [4.69, 9.17) is 9.72 Å². The van der Waals surface area contributed by atoms with Gasteiger partial charge in [0.1, 0.15) is 5.75 Å².